The van der Waals surface area contributed by atoms with Gasteiger partial charge in [0.2, 0.25) is 0 Å². The molecule has 0 amide bonds. The molecule has 4 nitrogen and oxygen atoms in total. The van der Waals surface area contributed by atoms with Crippen LogP contribution in [0, 0.1) is 0 Å². The third-order valence-corrected chi connectivity index (χ3v) is 5.95. The lowest BCUT2D eigenvalue weighted by Gasteiger charge is -2.08. The number of halogens is 1. The maximum atomic E-state index is 12.1. The van der Waals surface area contributed by atoms with E-state index in [0.29, 0.717) is 22.2 Å². The Hall–Kier alpha value is -2.02. The Morgan fingerprint density at radius 3 is 2.09 bits per heavy atom. The number of hydrogen-bond acceptors (Lipinski definition) is 4. The van der Waals surface area contributed by atoms with Crippen molar-refractivity contribution >= 4 is 38.6 Å². The minimum Gasteiger partial charge on any atom is -0.457 e. The second-order valence-electron chi connectivity index (χ2n) is 4.62. The van der Waals surface area contributed by atoms with E-state index >= 15 is 0 Å². The van der Waals surface area contributed by atoms with Crippen molar-refractivity contribution in [2.24, 2.45) is 0 Å². The first kappa shape index (κ1) is 15.9. The van der Waals surface area contributed by atoms with Crippen LogP contribution in [0.2, 0.25) is 5.02 Å². The van der Waals surface area contributed by atoms with Gasteiger partial charge in [0.15, 0.2) is 0 Å². The van der Waals surface area contributed by atoms with E-state index in [1.165, 1.54) is 11.3 Å². The zero-order chi connectivity index (χ0) is 16.3. The van der Waals surface area contributed by atoms with Crippen LogP contribution < -0.4 is 9.46 Å². The first-order chi connectivity index (χ1) is 11.0. The molecule has 0 atom stereocenters. The van der Waals surface area contributed by atoms with Crippen molar-refractivity contribution in [3.63, 3.8) is 0 Å². The van der Waals surface area contributed by atoms with Gasteiger partial charge in [-0.2, -0.15) is 0 Å². The molecule has 0 fully saturated rings. The third kappa shape index (κ3) is 4.04. The average Bonchev–Trinajstić information content (AvgIpc) is 3.07. The third-order valence-electron chi connectivity index (χ3n) is 2.92. The van der Waals surface area contributed by atoms with Gasteiger partial charge in [0.1, 0.15) is 15.7 Å². The maximum Gasteiger partial charge on any atom is 0.271 e. The van der Waals surface area contributed by atoms with Gasteiger partial charge in [0.25, 0.3) is 10.0 Å². The Morgan fingerprint density at radius 2 is 1.52 bits per heavy atom. The number of rotatable bonds is 5. The number of nitrogens with one attached hydrogen (secondary N) is 1. The van der Waals surface area contributed by atoms with E-state index in [0.717, 1.165) is 0 Å². The molecule has 2 aromatic carbocycles. The Morgan fingerprint density at radius 1 is 0.913 bits per heavy atom. The van der Waals surface area contributed by atoms with Gasteiger partial charge in [0, 0.05) is 10.7 Å². The summed E-state index contributed by atoms with van der Waals surface area (Å²) in [5.74, 6) is 1.26. The first-order valence-electron chi connectivity index (χ1n) is 6.63. The summed E-state index contributed by atoms with van der Waals surface area (Å²) >= 11 is 6.99. The van der Waals surface area contributed by atoms with Crippen LogP contribution >= 0.6 is 22.9 Å². The summed E-state index contributed by atoms with van der Waals surface area (Å²) in [5.41, 5.74) is 0.474. The Labute approximate surface area is 143 Å². The molecule has 3 rings (SSSR count). The van der Waals surface area contributed by atoms with Crippen LogP contribution in [0.5, 0.6) is 11.5 Å². The highest BCUT2D eigenvalue weighted by molar-refractivity contribution is 7.94. The predicted molar refractivity (Wildman–Crippen MR) is 93.1 cm³/mol. The van der Waals surface area contributed by atoms with Crippen molar-refractivity contribution < 1.29 is 13.2 Å². The van der Waals surface area contributed by atoms with Gasteiger partial charge >= 0.3 is 0 Å². The van der Waals surface area contributed by atoms with Crippen molar-refractivity contribution in [2.75, 3.05) is 4.72 Å². The molecule has 0 unspecified atom stereocenters. The molecule has 0 saturated heterocycles. The molecule has 3 aromatic rings. The van der Waals surface area contributed by atoms with Crippen molar-refractivity contribution in [1.82, 2.24) is 0 Å². The highest BCUT2D eigenvalue weighted by atomic mass is 35.5. The summed E-state index contributed by atoms with van der Waals surface area (Å²) < 4.78 is 32.7. The molecule has 7 heteroatoms. The topological polar surface area (TPSA) is 55.4 Å². The van der Waals surface area contributed by atoms with Crippen LogP contribution in [0.15, 0.2) is 70.3 Å². The highest BCUT2D eigenvalue weighted by Gasteiger charge is 2.14. The van der Waals surface area contributed by atoms with E-state index in [-0.39, 0.29) is 4.21 Å². The van der Waals surface area contributed by atoms with Crippen LogP contribution in [-0.2, 0) is 10.0 Å². The monoisotopic (exact) mass is 365 g/mol. The minimum atomic E-state index is -3.53. The highest BCUT2D eigenvalue weighted by Crippen LogP contribution is 2.26. The largest absolute Gasteiger partial charge is 0.457 e. The van der Waals surface area contributed by atoms with Crippen molar-refractivity contribution in [3.05, 3.63) is 71.1 Å². The van der Waals surface area contributed by atoms with Crippen LogP contribution in [0.1, 0.15) is 0 Å². The second-order valence-corrected chi connectivity index (χ2v) is 7.91. The summed E-state index contributed by atoms with van der Waals surface area (Å²) in [7, 11) is -3.53. The lowest BCUT2D eigenvalue weighted by Crippen LogP contribution is -2.11. The number of ether oxygens (including phenoxy) is 1. The van der Waals surface area contributed by atoms with Crippen LogP contribution in [0.25, 0.3) is 0 Å². The van der Waals surface area contributed by atoms with E-state index < -0.39 is 10.0 Å². The molecule has 0 aliphatic rings. The SMILES string of the molecule is O=S(=O)(Nc1ccc(Oc2ccc(Cl)cc2)cc1)c1cccs1. The molecule has 23 heavy (non-hydrogen) atoms. The number of sulfonamides is 1. The summed E-state index contributed by atoms with van der Waals surface area (Å²) in [6.07, 6.45) is 0. The van der Waals surface area contributed by atoms with E-state index in [4.69, 9.17) is 16.3 Å². The Balaban J connectivity index is 1.71. The molecule has 0 spiro atoms. The van der Waals surface area contributed by atoms with Gasteiger partial charge in [-0.25, -0.2) is 8.42 Å². The Kier molecular flexibility index (Phi) is 4.56. The van der Waals surface area contributed by atoms with Gasteiger partial charge in [-0.3, -0.25) is 4.72 Å². The zero-order valence-electron chi connectivity index (χ0n) is 11.8. The number of anilines is 1. The van der Waals surface area contributed by atoms with Gasteiger partial charge in [-0.15, -0.1) is 11.3 Å². The van der Waals surface area contributed by atoms with E-state index in [9.17, 15) is 8.42 Å². The molecule has 0 saturated carbocycles. The van der Waals surface area contributed by atoms with Gasteiger partial charge < -0.3 is 4.74 Å². The lowest BCUT2D eigenvalue weighted by molar-refractivity contribution is 0.483. The lowest BCUT2D eigenvalue weighted by atomic mass is 10.3. The smallest absolute Gasteiger partial charge is 0.271 e. The van der Waals surface area contributed by atoms with Crippen LogP contribution in [0.4, 0.5) is 5.69 Å². The fourth-order valence-corrected chi connectivity index (χ4v) is 4.03. The van der Waals surface area contributed by atoms with Gasteiger partial charge in [-0.1, -0.05) is 17.7 Å². The molecule has 0 radical (unpaired) electrons. The molecular formula is C16H12ClNO3S2. The summed E-state index contributed by atoms with van der Waals surface area (Å²) in [6.45, 7) is 0. The number of hydrogen-bond donors (Lipinski definition) is 1. The van der Waals surface area contributed by atoms with Crippen molar-refractivity contribution in [1.29, 1.82) is 0 Å². The first-order valence-corrected chi connectivity index (χ1v) is 9.37. The fraction of sp³-hybridized carbons (Fsp3) is 0. The van der Waals surface area contributed by atoms with E-state index in [1.807, 2.05) is 0 Å². The molecule has 118 valence electrons. The fourth-order valence-electron chi connectivity index (χ4n) is 1.85. The van der Waals surface area contributed by atoms with E-state index in [1.54, 1.807) is 66.0 Å². The molecular weight excluding hydrogens is 354 g/mol. The number of thiophene rings is 1. The zero-order valence-corrected chi connectivity index (χ0v) is 14.2. The van der Waals surface area contributed by atoms with Crippen LogP contribution in [0.3, 0.4) is 0 Å². The summed E-state index contributed by atoms with van der Waals surface area (Å²) in [5, 5.41) is 2.35. The second kappa shape index (κ2) is 6.62. The molecule has 1 heterocycles. The predicted octanol–water partition coefficient (Wildman–Crippen LogP) is 4.99. The normalized spacial score (nSPS) is 11.2. The van der Waals surface area contributed by atoms with E-state index in [2.05, 4.69) is 4.72 Å². The molecule has 0 aliphatic heterocycles. The molecule has 1 aromatic heterocycles. The molecule has 0 bridgehead atoms. The van der Waals surface area contributed by atoms with Crippen LogP contribution in [-0.4, -0.2) is 8.42 Å². The van der Waals surface area contributed by atoms with Crippen molar-refractivity contribution in [2.45, 2.75) is 4.21 Å². The standard InChI is InChI=1S/C16H12ClNO3S2/c17-12-3-7-14(8-4-12)21-15-9-5-13(6-10-15)18-23(19,20)16-2-1-11-22-16/h1-11,18H. The van der Waals surface area contributed by atoms with Gasteiger partial charge in [-0.05, 0) is 60.0 Å². The minimum absolute atomic E-state index is 0.277. The Bertz CT molecular complexity index is 874. The maximum absolute atomic E-state index is 12.1. The number of benzene rings is 2. The molecule has 1 N–H and O–H groups in total. The average molecular weight is 366 g/mol. The summed E-state index contributed by atoms with van der Waals surface area (Å²) in [4.78, 5) is 0. The quantitative estimate of drug-likeness (QED) is 0.692. The van der Waals surface area contributed by atoms with Gasteiger partial charge in [0.05, 0.1) is 0 Å². The van der Waals surface area contributed by atoms with Crippen molar-refractivity contribution in [3.8, 4) is 11.5 Å². The summed E-state index contributed by atoms with van der Waals surface area (Å²) in [6, 6.07) is 16.9. The molecule has 0 aliphatic carbocycles.